The van der Waals surface area contributed by atoms with Crippen molar-refractivity contribution in [3.63, 3.8) is 0 Å². The number of halogens is 3. The molecule has 30 heavy (non-hydrogen) atoms. The van der Waals surface area contributed by atoms with Gasteiger partial charge in [0.1, 0.15) is 0 Å². The maximum absolute atomic E-state index is 12.2. The summed E-state index contributed by atoms with van der Waals surface area (Å²) in [6.45, 7) is 1.43. The highest BCUT2D eigenvalue weighted by molar-refractivity contribution is 6.39. The number of hydrogen-bond acceptors (Lipinski definition) is 4. The molecule has 0 fully saturated rings. The summed E-state index contributed by atoms with van der Waals surface area (Å²) in [5.41, 5.74) is 1.63. The van der Waals surface area contributed by atoms with Gasteiger partial charge in [-0.15, -0.1) is 0 Å². The minimum atomic E-state index is -0.404. The zero-order valence-corrected chi connectivity index (χ0v) is 18.7. The van der Waals surface area contributed by atoms with Crippen LogP contribution in [0.25, 0.3) is 0 Å². The van der Waals surface area contributed by atoms with Crippen LogP contribution in [0.5, 0.6) is 0 Å². The monoisotopic (exact) mass is 470 g/mol. The third kappa shape index (κ3) is 7.18. The van der Waals surface area contributed by atoms with Gasteiger partial charge in [0.2, 0.25) is 17.7 Å². The Hall–Kier alpha value is -2.32. The van der Waals surface area contributed by atoms with Crippen LogP contribution in [0.2, 0.25) is 15.1 Å². The lowest BCUT2D eigenvalue weighted by Crippen LogP contribution is -2.41. The van der Waals surface area contributed by atoms with Crippen molar-refractivity contribution in [1.29, 1.82) is 0 Å². The molecule has 2 rings (SSSR count). The number of likely N-dealkylation sites (N-methyl/N-ethyl adjacent to an activating group) is 1. The van der Waals surface area contributed by atoms with Crippen molar-refractivity contribution in [1.82, 2.24) is 10.2 Å². The number of rotatable bonds is 8. The van der Waals surface area contributed by atoms with Crippen LogP contribution in [0.1, 0.15) is 5.56 Å². The van der Waals surface area contributed by atoms with E-state index in [9.17, 15) is 14.4 Å². The largest absolute Gasteiger partial charge is 0.346 e. The zero-order valence-electron chi connectivity index (χ0n) is 16.4. The number of carbonyl (C=O) groups is 3. The van der Waals surface area contributed by atoms with Gasteiger partial charge < -0.3 is 16.0 Å². The van der Waals surface area contributed by atoms with E-state index in [1.165, 1.54) is 4.90 Å². The fraction of sp³-hybridized carbons (Fsp3) is 0.250. The van der Waals surface area contributed by atoms with Crippen LogP contribution in [0, 0.1) is 6.92 Å². The second-order valence-electron chi connectivity index (χ2n) is 6.55. The summed E-state index contributed by atoms with van der Waals surface area (Å²) in [6, 6.07) is 10.0. The van der Waals surface area contributed by atoms with E-state index >= 15 is 0 Å². The Morgan fingerprint density at radius 2 is 1.40 bits per heavy atom. The van der Waals surface area contributed by atoms with E-state index in [1.54, 1.807) is 50.4 Å². The van der Waals surface area contributed by atoms with Gasteiger partial charge in [0, 0.05) is 10.7 Å². The van der Waals surface area contributed by atoms with Crippen LogP contribution in [0.15, 0.2) is 36.4 Å². The molecule has 3 N–H and O–H groups in total. The molecule has 0 spiro atoms. The van der Waals surface area contributed by atoms with Gasteiger partial charge in [0.15, 0.2) is 0 Å². The molecular formula is C20H21Cl3N4O3. The van der Waals surface area contributed by atoms with Crippen LogP contribution in [-0.2, 0) is 14.4 Å². The Balaban J connectivity index is 1.76. The quantitative estimate of drug-likeness (QED) is 0.549. The van der Waals surface area contributed by atoms with Crippen molar-refractivity contribution in [2.75, 3.05) is 37.3 Å². The summed E-state index contributed by atoms with van der Waals surface area (Å²) in [5.74, 6) is -1.17. The number of anilines is 2. The van der Waals surface area contributed by atoms with Crippen molar-refractivity contribution >= 4 is 63.9 Å². The molecule has 0 saturated heterocycles. The lowest BCUT2D eigenvalue weighted by Gasteiger charge is -2.17. The molecule has 0 atom stereocenters. The fourth-order valence-electron chi connectivity index (χ4n) is 2.51. The summed E-state index contributed by atoms with van der Waals surface area (Å²) in [4.78, 5) is 37.7. The molecule has 0 bridgehead atoms. The van der Waals surface area contributed by atoms with E-state index in [-0.39, 0.29) is 31.4 Å². The van der Waals surface area contributed by atoms with Crippen LogP contribution < -0.4 is 16.0 Å². The number of hydrogen-bond donors (Lipinski definition) is 3. The molecular weight excluding hydrogens is 451 g/mol. The Labute approximate surface area is 189 Å². The molecule has 0 heterocycles. The highest BCUT2D eigenvalue weighted by Gasteiger charge is 2.14. The average molecular weight is 472 g/mol. The number of nitrogens with one attached hydrogen (secondary N) is 3. The highest BCUT2D eigenvalue weighted by atomic mass is 35.5. The first-order valence-electron chi connectivity index (χ1n) is 8.91. The van der Waals surface area contributed by atoms with E-state index in [4.69, 9.17) is 34.8 Å². The number of nitrogens with zero attached hydrogens (tertiary/aromatic N) is 1. The number of benzene rings is 2. The van der Waals surface area contributed by atoms with Gasteiger partial charge in [0.05, 0.1) is 35.4 Å². The fourth-order valence-corrected chi connectivity index (χ4v) is 3.18. The van der Waals surface area contributed by atoms with E-state index in [0.29, 0.717) is 26.4 Å². The highest BCUT2D eigenvalue weighted by Crippen LogP contribution is 2.29. The third-order valence-corrected chi connectivity index (χ3v) is 5.08. The van der Waals surface area contributed by atoms with Gasteiger partial charge in [0.25, 0.3) is 0 Å². The smallest absolute Gasteiger partial charge is 0.243 e. The first-order chi connectivity index (χ1) is 14.2. The summed E-state index contributed by atoms with van der Waals surface area (Å²) in [6.07, 6.45) is 0. The summed E-state index contributed by atoms with van der Waals surface area (Å²) >= 11 is 18.1. The Morgan fingerprint density at radius 1 is 0.833 bits per heavy atom. The van der Waals surface area contributed by atoms with Gasteiger partial charge in [-0.1, -0.05) is 46.9 Å². The lowest BCUT2D eigenvalue weighted by molar-refractivity contribution is -0.125. The van der Waals surface area contributed by atoms with Gasteiger partial charge in [-0.05, 0) is 43.8 Å². The molecule has 160 valence electrons. The van der Waals surface area contributed by atoms with Gasteiger partial charge in [-0.2, -0.15) is 0 Å². The maximum atomic E-state index is 12.2. The maximum Gasteiger partial charge on any atom is 0.243 e. The van der Waals surface area contributed by atoms with Crippen molar-refractivity contribution < 1.29 is 14.4 Å². The van der Waals surface area contributed by atoms with E-state index < -0.39 is 5.91 Å². The molecule has 0 aliphatic rings. The Bertz CT molecular complexity index is 933. The predicted octanol–water partition coefficient (Wildman–Crippen LogP) is 3.58. The molecule has 2 aromatic carbocycles. The van der Waals surface area contributed by atoms with E-state index in [2.05, 4.69) is 16.0 Å². The topological polar surface area (TPSA) is 90.5 Å². The van der Waals surface area contributed by atoms with Gasteiger partial charge in [-0.3, -0.25) is 19.3 Å². The summed E-state index contributed by atoms with van der Waals surface area (Å²) < 4.78 is 0. The van der Waals surface area contributed by atoms with E-state index in [0.717, 1.165) is 5.56 Å². The zero-order chi connectivity index (χ0) is 22.3. The number of carbonyl (C=O) groups excluding carboxylic acids is 3. The van der Waals surface area contributed by atoms with E-state index in [1.807, 2.05) is 0 Å². The molecule has 0 saturated carbocycles. The van der Waals surface area contributed by atoms with Crippen LogP contribution in [-0.4, -0.2) is 49.3 Å². The Morgan fingerprint density at radius 3 is 2.07 bits per heavy atom. The van der Waals surface area contributed by atoms with Crippen molar-refractivity contribution in [2.24, 2.45) is 0 Å². The first-order valence-corrected chi connectivity index (χ1v) is 10.0. The van der Waals surface area contributed by atoms with Crippen LogP contribution >= 0.6 is 34.8 Å². The minimum absolute atomic E-state index is 0.0666. The third-order valence-electron chi connectivity index (χ3n) is 4.04. The molecule has 0 aromatic heterocycles. The first kappa shape index (κ1) is 24.0. The molecule has 0 radical (unpaired) electrons. The molecule has 0 unspecified atom stereocenters. The molecule has 2 aromatic rings. The summed E-state index contributed by atoms with van der Waals surface area (Å²) in [7, 11) is 1.60. The van der Waals surface area contributed by atoms with Crippen LogP contribution in [0.3, 0.4) is 0 Å². The summed E-state index contributed by atoms with van der Waals surface area (Å²) in [5, 5.41) is 8.99. The molecule has 0 aliphatic heterocycles. The molecule has 10 heteroatoms. The average Bonchev–Trinajstić information content (AvgIpc) is 2.67. The predicted molar refractivity (Wildman–Crippen MR) is 120 cm³/mol. The lowest BCUT2D eigenvalue weighted by atomic mass is 10.2. The van der Waals surface area contributed by atoms with Crippen LogP contribution in [0.4, 0.5) is 11.4 Å². The van der Waals surface area contributed by atoms with Crippen molar-refractivity contribution in [3.05, 3.63) is 57.0 Å². The SMILES string of the molecule is Cc1c(Cl)cccc1NC(=O)CNC(=O)CN(C)CC(=O)Nc1c(Cl)cccc1Cl. The second-order valence-corrected chi connectivity index (χ2v) is 7.78. The molecule has 0 aliphatic carbocycles. The molecule has 7 nitrogen and oxygen atoms in total. The molecule has 3 amide bonds. The minimum Gasteiger partial charge on any atom is -0.346 e. The number of amides is 3. The Kier molecular flexibility index (Phi) is 8.92. The number of para-hydroxylation sites is 1. The van der Waals surface area contributed by atoms with Gasteiger partial charge >= 0.3 is 0 Å². The second kappa shape index (κ2) is 11.2. The van der Waals surface area contributed by atoms with Crippen molar-refractivity contribution in [2.45, 2.75) is 6.92 Å². The van der Waals surface area contributed by atoms with Gasteiger partial charge in [-0.25, -0.2) is 0 Å². The normalized spacial score (nSPS) is 10.6. The van der Waals surface area contributed by atoms with Crippen molar-refractivity contribution in [3.8, 4) is 0 Å². The standard InChI is InChI=1S/C20H21Cl3N4O3/c1-12-13(21)5-4-8-16(12)25-17(28)9-24-18(29)10-27(2)11-19(30)26-20-14(22)6-3-7-15(20)23/h3-8H,9-11H2,1-2H3,(H,24,29)(H,25,28)(H,26,30).